The highest BCUT2D eigenvalue weighted by Crippen LogP contribution is 2.42. The molecule has 7 heteroatoms. The molecule has 5 rings (SSSR count). The number of hydrogen-bond donors (Lipinski definition) is 1. The van der Waals surface area contributed by atoms with Gasteiger partial charge in [0.25, 0.3) is 0 Å². The number of rotatable bonds is 4. The summed E-state index contributed by atoms with van der Waals surface area (Å²) in [6, 6.07) is 25.3. The number of carbonyl (C=O) groups excluding carboxylic acids is 1. The van der Waals surface area contributed by atoms with Crippen molar-refractivity contribution in [2.24, 2.45) is 0 Å². The molecule has 0 fully saturated rings. The van der Waals surface area contributed by atoms with Gasteiger partial charge in [-0.2, -0.15) is 9.69 Å². The predicted octanol–water partition coefficient (Wildman–Crippen LogP) is 5.05. The van der Waals surface area contributed by atoms with Crippen LogP contribution in [0.25, 0.3) is 11.3 Å². The summed E-state index contributed by atoms with van der Waals surface area (Å²) >= 11 is 0. The normalized spacial score (nSPS) is 14.5. The first-order valence-electron chi connectivity index (χ1n) is 10.4. The monoisotopic (exact) mass is 427 g/mol. The highest BCUT2D eigenvalue weighted by molar-refractivity contribution is 6.02. The van der Waals surface area contributed by atoms with Crippen LogP contribution in [0, 0.1) is 0 Å². The van der Waals surface area contributed by atoms with E-state index in [1.807, 2.05) is 73.7 Å². The maximum atomic E-state index is 13.4. The van der Waals surface area contributed by atoms with Gasteiger partial charge in [0.05, 0.1) is 5.69 Å². The van der Waals surface area contributed by atoms with Crippen molar-refractivity contribution >= 4 is 17.4 Å². The fraction of sp³-hybridized carbons (Fsp3) is 0.120. The van der Waals surface area contributed by atoms with Crippen LogP contribution in [0.5, 0.6) is 0 Å². The molecule has 2 amide bonds. The molecule has 1 aliphatic rings. The lowest BCUT2D eigenvalue weighted by Gasteiger charge is -2.34. The molecule has 3 aromatic carbocycles. The van der Waals surface area contributed by atoms with Crippen molar-refractivity contribution in [2.45, 2.75) is 13.0 Å². The number of ether oxygens (including phenoxy) is 1. The van der Waals surface area contributed by atoms with Crippen molar-refractivity contribution in [1.82, 2.24) is 4.68 Å². The van der Waals surface area contributed by atoms with Gasteiger partial charge >= 0.3 is 11.8 Å². The Balaban J connectivity index is 1.72. The Hall–Kier alpha value is -4.10. The molecule has 7 nitrogen and oxygen atoms in total. The molecule has 1 aliphatic heterocycles. The molecular formula is C25H21N3O4. The lowest BCUT2D eigenvalue weighted by molar-refractivity contribution is 0.0838. The van der Waals surface area contributed by atoms with Gasteiger partial charge in [0.2, 0.25) is 0 Å². The molecule has 1 aromatic heterocycles. The van der Waals surface area contributed by atoms with E-state index in [1.165, 1.54) is 9.69 Å². The molecule has 1 N–H and O–H groups in total. The fourth-order valence-electron chi connectivity index (χ4n) is 3.98. The summed E-state index contributed by atoms with van der Waals surface area (Å²) in [5.74, 6) is -0.290. The number of carbonyl (C=O) groups is 1. The Morgan fingerprint density at radius 1 is 0.969 bits per heavy atom. The van der Waals surface area contributed by atoms with Gasteiger partial charge in [-0.05, 0) is 25.1 Å². The number of benzene rings is 3. The second kappa shape index (κ2) is 8.20. The Labute approximate surface area is 184 Å². The Morgan fingerprint density at radius 2 is 1.62 bits per heavy atom. The third kappa shape index (κ3) is 3.29. The van der Waals surface area contributed by atoms with Crippen LogP contribution in [0.2, 0.25) is 0 Å². The van der Waals surface area contributed by atoms with Gasteiger partial charge < -0.3 is 14.5 Å². The average molecular weight is 427 g/mol. The Bertz CT molecular complexity index is 1310. The zero-order valence-corrected chi connectivity index (χ0v) is 17.4. The molecule has 160 valence electrons. The number of fused-ring (bicyclic) bond motifs is 2. The molecular weight excluding hydrogens is 406 g/mol. The van der Waals surface area contributed by atoms with Crippen molar-refractivity contribution in [1.29, 1.82) is 0 Å². The molecule has 2 heterocycles. The topological polar surface area (TPSA) is 76.7 Å². The maximum absolute atomic E-state index is 13.4. The number of hydrogen-bond acceptors (Lipinski definition) is 4. The van der Waals surface area contributed by atoms with E-state index in [0.717, 1.165) is 11.1 Å². The average Bonchev–Trinajstić information content (AvgIpc) is 3.17. The van der Waals surface area contributed by atoms with Crippen molar-refractivity contribution in [3.8, 4) is 11.3 Å². The smallest absolute Gasteiger partial charge is 0.406 e. The SMILES string of the molecule is CCOC1c2ccccc2N(C(=O)Nc2ccccc2)n2c1c(-c1ccccc1)oc2=O. The van der Waals surface area contributed by atoms with Gasteiger partial charge in [-0.25, -0.2) is 9.59 Å². The molecule has 0 saturated carbocycles. The van der Waals surface area contributed by atoms with Gasteiger partial charge in [-0.1, -0.05) is 66.7 Å². The van der Waals surface area contributed by atoms with E-state index in [4.69, 9.17) is 9.15 Å². The summed E-state index contributed by atoms with van der Waals surface area (Å²) < 4.78 is 13.0. The van der Waals surface area contributed by atoms with E-state index in [0.29, 0.717) is 29.4 Å². The third-order valence-electron chi connectivity index (χ3n) is 5.31. The number of aromatic nitrogens is 1. The molecule has 4 aromatic rings. The van der Waals surface area contributed by atoms with E-state index >= 15 is 0 Å². The van der Waals surface area contributed by atoms with Crippen LogP contribution < -0.4 is 16.1 Å². The van der Waals surface area contributed by atoms with Crippen LogP contribution in [0.15, 0.2) is 94.1 Å². The quantitative estimate of drug-likeness (QED) is 0.495. The number of para-hydroxylation sites is 2. The van der Waals surface area contributed by atoms with Crippen molar-refractivity contribution in [3.05, 3.63) is 107 Å². The van der Waals surface area contributed by atoms with Gasteiger partial charge in [0.15, 0.2) is 5.76 Å². The molecule has 1 atom stereocenters. The van der Waals surface area contributed by atoms with E-state index < -0.39 is 17.9 Å². The van der Waals surface area contributed by atoms with E-state index in [1.54, 1.807) is 18.2 Å². The van der Waals surface area contributed by atoms with Crippen LogP contribution in [-0.4, -0.2) is 17.3 Å². The maximum Gasteiger partial charge on any atom is 0.439 e. The lowest BCUT2D eigenvalue weighted by Crippen LogP contribution is -2.48. The van der Waals surface area contributed by atoms with Crippen LogP contribution in [0.3, 0.4) is 0 Å². The zero-order valence-electron chi connectivity index (χ0n) is 17.4. The predicted molar refractivity (Wildman–Crippen MR) is 122 cm³/mol. The van der Waals surface area contributed by atoms with Crippen molar-refractivity contribution < 1.29 is 13.9 Å². The highest BCUT2D eigenvalue weighted by Gasteiger charge is 2.39. The minimum Gasteiger partial charge on any atom is -0.406 e. The molecule has 0 aliphatic carbocycles. The minimum absolute atomic E-state index is 0.376. The first-order valence-corrected chi connectivity index (χ1v) is 10.4. The van der Waals surface area contributed by atoms with E-state index in [9.17, 15) is 9.59 Å². The molecule has 0 saturated heterocycles. The number of anilines is 2. The van der Waals surface area contributed by atoms with Crippen molar-refractivity contribution in [2.75, 3.05) is 16.9 Å². The summed E-state index contributed by atoms with van der Waals surface area (Å²) in [5, 5.41) is 4.17. The van der Waals surface area contributed by atoms with Gasteiger partial charge in [0, 0.05) is 23.4 Å². The summed E-state index contributed by atoms with van der Waals surface area (Å²) in [5.41, 5.74) is 3.14. The standard InChI is InChI=1S/C25H21N3O4/c1-2-31-23-19-15-9-10-16-20(19)27(24(29)26-18-13-7-4-8-14-18)28-21(23)22(32-25(28)30)17-11-5-3-6-12-17/h3-16,23H,2H2,1H3,(H,26,29). The van der Waals surface area contributed by atoms with Gasteiger partial charge in [-0.15, -0.1) is 0 Å². The molecule has 0 spiro atoms. The first kappa shape index (κ1) is 19.8. The third-order valence-corrected chi connectivity index (χ3v) is 5.31. The summed E-state index contributed by atoms with van der Waals surface area (Å²) in [7, 11) is 0. The Morgan fingerprint density at radius 3 is 2.34 bits per heavy atom. The molecule has 1 unspecified atom stereocenters. The number of urea groups is 1. The van der Waals surface area contributed by atoms with Crippen LogP contribution in [0.1, 0.15) is 24.3 Å². The zero-order chi connectivity index (χ0) is 22.1. The number of nitrogens with zero attached hydrogens (tertiary/aromatic N) is 2. The summed E-state index contributed by atoms with van der Waals surface area (Å²) in [6.07, 6.45) is -0.571. The van der Waals surface area contributed by atoms with E-state index in [-0.39, 0.29) is 0 Å². The second-order valence-electron chi connectivity index (χ2n) is 7.26. The molecule has 0 radical (unpaired) electrons. The summed E-state index contributed by atoms with van der Waals surface area (Å²) in [6.45, 7) is 2.31. The van der Waals surface area contributed by atoms with E-state index in [2.05, 4.69) is 5.32 Å². The molecule has 32 heavy (non-hydrogen) atoms. The molecule has 0 bridgehead atoms. The highest BCUT2D eigenvalue weighted by atomic mass is 16.5. The van der Waals surface area contributed by atoms with Crippen LogP contribution in [-0.2, 0) is 4.74 Å². The summed E-state index contributed by atoms with van der Waals surface area (Å²) in [4.78, 5) is 26.5. The lowest BCUT2D eigenvalue weighted by atomic mass is 9.98. The number of oxazole rings is 1. The van der Waals surface area contributed by atoms with Gasteiger partial charge in [0.1, 0.15) is 11.8 Å². The Kier molecular flexibility index (Phi) is 5.09. The minimum atomic E-state index is -0.665. The van der Waals surface area contributed by atoms with Crippen LogP contribution in [0.4, 0.5) is 16.2 Å². The van der Waals surface area contributed by atoms with Gasteiger partial charge in [-0.3, -0.25) is 0 Å². The number of nitrogens with one attached hydrogen (secondary N) is 1. The number of amides is 2. The van der Waals surface area contributed by atoms with Crippen LogP contribution >= 0.6 is 0 Å². The largest absolute Gasteiger partial charge is 0.439 e. The second-order valence-corrected chi connectivity index (χ2v) is 7.26. The fourth-order valence-corrected chi connectivity index (χ4v) is 3.98. The van der Waals surface area contributed by atoms with Crippen molar-refractivity contribution in [3.63, 3.8) is 0 Å². The first-order chi connectivity index (χ1) is 15.7.